The molecule has 3 N–H and O–H groups in total. The van der Waals surface area contributed by atoms with Gasteiger partial charge in [0.25, 0.3) is 0 Å². The first kappa shape index (κ1) is 14.0. The topological polar surface area (TPSA) is 70.2 Å². The summed E-state index contributed by atoms with van der Waals surface area (Å²) in [4.78, 5) is 22.6. The molecule has 0 bridgehead atoms. The van der Waals surface area contributed by atoms with E-state index in [1.165, 1.54) is 0 Å². The van der Waals surface area contributed by atoms with Crippen LogP contribution in [0.4, 0.5) is 0 Å². The van der Waals surface area contributed by atoms with Crippen molar-refractivity contribution in [2.45, 2.75) is 26.2 Å². The summed E-state index contributed by atoms with van der Waals surface area (Å²) >= 11 is 0. The second kappa shape index (κ2) is 7.27. The van der Waals surface area contributed by atoms with Crippen molar-refractivity contribution in [2.24, 2.45) is 11.8 Å². The Labute approximate surface area is 103 Å². The summed E-state index contributed by atoms with van der Waals surface area (Å²) in [6, 6.07) is 0. The smallest absolute Gasteiger partial charge is 0.239 e. The number of carbonyl (C=O) groups is 2. The van der Waals surface area contributed by atoms with Crippen LogP contribution in [-0.4, -0.2) is 38.5 Å². The van der Waals surface area contributed by atoms with Gasteiger partial charge < -0.3 is 16.0 Å². The molecule has 0 aromatic heterocycles. The summed E-state index contributed by atoms with van der Waals surface area (Å²) in [5.74, 6) is 0.830. The normalized spacial score (nSPS) is 18.5. The second-order valence-electron chi connectivity index (χ2n) is 4.72. The van der Waals surface area contributed by atoms with Crippen molar-refractivity contribution < 1.29 is 9.59 Å². The van der Waals surface area contributed by atoms with E-state index in [-0.39, 0.29) is 18.4 Å². The Morgan fingerprint density at radius 2 is 1.94 bits per heavy atom. The van der Waals surface area contributed by atoms with Crippen LogP contribution in [0.1, 0.15) is 26.2 Å². The van der Waals surface area contributed by atoms with Crippen LogP contribution in [0.25, 0.3) is 0 Å². The predicted molar refractivity (Wildman–Crippen MR) is 66.5 cm³/mol. The average molecular weight is 241 g/mol. The number of hydrogen-bond donors (Lipinski definition) is 3. The first-order chi connectivity index (χ1) is 8.13. The number of rotatable bonds is 5. The van der Waals surface area contributed by atoms with E-state index < -0.39 is 0 Å². The molecule has 98 valence electrons. The molecule has 1 atom stereocenters. The molecule has 5 nitrogen and oxygen atoms in total. The molecule has 2 amide bonds. The summed E-state index contributed by atoms with van der Waals surface area (Å²) in [6.45, 7) is 4.30. The first-order valence-electron chi connectivity index (χ1n) is 6.31. The van der Waals surface area contributed by atoms with Gasteiger partial charge in [-0.2, -0.15) is 0 Å². The highest BCUT2D eigenvalue weighted by molar-refractivity contribution is 5.84. The number of carbonyl (C=O) groups excluding carboxylic acids is 2. The second-order valence-corrected chi connectivity index (χ2v) is 4.72. The number of likely N-dealkylation sites (N-methyl/N-ethyl adjacent to an activating group) is 1. The molecule has 1 saturated heterocycles. The van der Waals surface area contributed by atoms with E-state index in [9.17, 15) is 9.59 Å². The van der Waals surface area contributed by atoms with Gasteiger partial charge in [-0.1, -0.05) is 6.92 Å². The molecule has 1 fully saturated rings. The molecule has 1 aliphatic rings. The van der Waals surface area contributed by atoms with Crippen molar-refractivity contribution in [3.63, 3.8) is 0 Å². The van der Waals surface area contributed by atoms with Crippen LogP contribution in [0.2, 0.25) is 0 Å². The summed E-state index contributed by atoms with van der Waals surface area (Å²) in [5.41, 5.74) is 0. The SMILES string of the molecule is CNC(=O)CNC(=O)CC(C)C1CCNCC1. The zero-order valence-electron chi connectivity index (χ0n) is 10.7. The van der Waals surface area contributed by atoms with Gasteiger partial charge in [-0.05, 0) is 37.8 Å². The third-order valence-corrected chi connectivity index (χ3v) is 3.42. The van der Waals surface area contributed by atoms with Gasteiger partial charge in [-0.15, -0.1) is 0 Å². The molecule has 1 heterocycles. The molecule has 5 heteroatoms. The number of amides is 2. The van der Waals surface area contributed by atoms with Gasteiger partial charge >= 0.3 is 0 Å². The molecule has 0 radical (unpaired) electrons. The fourth-order valence-electron chi connectivity index (χ4n) is 2.21. The number of hydrogen-bond acceptors (Lipinski definition) is 3. The lowest BCUT2D eigenvalue weighted by Gasteiger charge is -2.27. The van der Waals surface area contributed by atoms with E-state index in [1.807, 2.05) is 0 Å². The molecule has 0 spiro atoms. The fraction of sp³-hybridized carbons (Fsp3) is 0.833. The summed E-state index contributed by atoms with van der Waals surface area (Å²) in [7, 11) is 1.56. The van der Waals surface area contributed by atoms with Crippen LogP contribution in [0.5, 0.6) is 0 Å². The Morgan fingerprint density at radius 1 is 1.29 bits per heavy atom. The molecule has 1 aliphatic heterocycles. The highest BCUT2D eigenvalue weighted by atomic mass is 16.2. The fourth-order valence-corrected chi connectivity index (χ4v) is 2.21. The van der Waals surface area contributed by atoms with Crippen LogP contribution in [0.3, 0.4) is 0 Å². The Morgan fingerprint density at radius 3 is 2.53 bits per heavy atom. The monoisotopic (exact) mass is 241 g/mol. The summed E-state index contributed by atoms with van der Waals surface area (Å²) in [6.07, 6.45) is 2.80. The van der Waals surface area contributed by atoms with Crippen LogP contribution < -0.4 is 16.0 Å². The largest absolute Gasteiger partial charge is 0.358 e. The summed E-state index contributed by atoms with van der Waals surface area (Å²) < 4.78 is 0. The average Bonchev–Trinajstić information content (AvgIpc) is 2.36. The Hall–Kier alpha value is -1.10. The molecule has 1 rings (SSSR count). The lowest BCUT2D eigenvalue weighted by Crippen LogP contribution is -2.37. The zero-order valence-corrected chi connectivity index (χ0v) is 10.7. The van der Waals surface area contributed by atoms with Gasteiger partial charge in [0, 0.05) is 13.5 Å². The minimum atomic E-state index is -0.159. The van der Waals surface area contributed by atoms with Crippen LogP contribution >= 0.6 is 0 Å². The predicted octanol–water partition coefficient (Wildman–Crippen LogP) is -0.126. The quantitative estimate of drug-likeness (QED) is 0.628. The van der Waals surface area contributed by atoms with Crippen molar-refractivity contribution in [3.8, 4) is 0 Å². The maximum Gasteiger partial charge on any atom is 0.239 e. The lowest BCUT2D eigenvalue weighted by atomic mass is 9.84. The molecular formula is C12H23N3O2. The van der Waals surface area contributed by atoms with Crippen molar-refractivity contribution in [2.75, 3.05) is 26.7 Å². The third-order valence-electron chi connectivity index (χ3n) is 3.42. The Kier molecular flexibility index (Phi) is 5.97. The maximum atomic E-state index is 11.6. The lowest BCUT2D eigenvalue weighted by molar-refractivity contribution is -0.126. The molecule has 0 aliphatic carbocycles. The number of nitrogens with one attached hydrogen (secondary N) is 3. The minimum absolute atomic E-state index is 0.0281. The van der Waals surface area contributed by atoms with Gasteiger partial charge in [0.05, 0.1) is 6.54 Å². The van der Waals surface area contributed by atoms with Crippen molar-refractivity contribution >= 4 is 11.8 Å². The molecule has 0 saturated carbocycles. The van der Waals surface area contributed by atoms with Crippen molar-refractivity contribution in [1.29, 1.82) is 0 Å². The van der Waals surface area contributed by atoms with Crippen molar-refractivity contribution in [1.82, 2.24) is 16.0 Å². The molecular weight excluding hydrogens is 218 g/mol. The van der Waals surface area contributed by atoms with Gasteiger partial charge in [0.15, 0.2) is 0 Å². The molecule has 17 heavy (non-hydrogen) atoms. The van der Waals surface area contributed by atoms with Crippen LogP contribution in [0.15, 0.2) is 0 Å². The van der Waals surface area contributed by atoms with Gasteiger partial charge in [0.1, 0.15) is 0 Å². The van der Waals surface area contributed by atoms with Gasteiger partial charge in [-0.3, -0.25) is 9.59 Å². The summed E-state index contributed by atoms with van der Waals surface area (Å²) in [5, 5.41) is 8.43. The Balaban J connectivity index is 2.22. The molecule has 1 unspecified atom stereocenters. The highest BCUT2D eigenvalue weighted by Crippen LogP contribution is 2.23. The minimum Gasteiger partial charge on any atom is -0.358 e. The first-order valence-corrected chi connectivity index (χ1v) is 6.31. The van der Waals surface area contributed by atoms with E-state index in [0.29, 0.717) is 18.3 Å². The molecule has 0 aromatic carbocycles. The standard InChI is InChI=1S/C12H23N3O2/c1-9(10-3-5-14-6-4-10)7-11(16)15-8-12(17)13-2/h9-10,14H,3-8H2,1-2H3,(H,13,17)(H,15,16). The zero-order chi connectivity index (χ0) is 12.7. The molecule has 0 aromatic rings. The van der Waals surface area contributed by atoms with Crippen molar-refractivity contribution in [3.05, 3.63) is 0 Å². The maximum absolute atomic E-state index is 11.6. The third kappa shape index (κ3) is 5.17. The Bertz CT molecular complexity index is 262. The van der Waals surface area contributed by atoms with E-state index >= 15 is 0 Å². The van der Waals surface area contributed by atoms with E-state index in [0.717, 1.165) is 25.9 Å². The van der Waals surface area contributed by atoms with Crippen LogP contribution in [0, 0.1) is 11.8 Å². The van der Waals surface area contributed by atoms with E-state index in [4.69, 9.17) is 0 Å². The highest BCUT2D eigenvalue weighted by Gasteiger charge is 2.21. The van der Waals surface area contributed by atoms with Gasteiger partial charge in [0.2, 0.25) is 11.8 Å². The van der Waals surface area contributed by atoms with Crippen LogP contribution in [-0.2, 0) is 9.59 Å². The van der Waals surface area contributed by atoms with E-state index in [2.05, 4.69) is 22.9 Å². The number of piperidine rings is 1. The van der Waals surface area contributed by atoms with Gasteiger partial charge in [-0.25, -0.2) is 0 Å². The van der Waals surface area contributed by atoms with E-state index in [1.54, 1.807) is 7.05 Å².